The third kappa shape index (κ3) is 2.57. The zero-order valence-corrected chi connectivity index (χ0v) is 9.71. The highest BCUT2D eigenvalue weighted by Crippen LogP contribution is 2.21. The maximum absolute atomic E-state index is 11.9. The highest BCUT2D eigenvalue weighted by Gasteiger charge is 2.10. The molecular weight excluding hydrogens is 232 g/mol. The summed E-state index contributed by atoms with van der Waals surface area (Å²) in [5.41, 5.74) is 0.993. The Hall–Kier alpha value is -2.56. The van der Waals surface area contributed by atoms with Crippen LogP contribution >= 0.6 is 0 Å². The first-order valence-corrected chi connectivity index (χ1v) is 5.32. The molecule has 2 aromatic rings. The fourth-order valence-corrected chi connectivity index (χ4v) is 1.52. The number of aryl methyl sites for hydroxylation is 1. The SMILES string of the molecule is Cc1cccnc1NC(=O)c1cc(O)cc(O)c1. The van der Waals surface area contributed by atoms with E-state index < -0.39 is 5.91 Å². The molecule has 92 valence electrons. The van der Waals surface area contributed by atoms with Crippen molar-refractivity contribution in [3.8, 4) is 11.5 Å². The number of hydrogen-bond donors (Lipinski definition) is 3. The smallest absolute Gasteiger partial charge is 0.257 e. The minimum absolute atomic E-state index is 0.164. The molecule has 0 aliphatic carbocycles. The van der Waals surface area contributed by atoms with Gasteiger partial charge in [-0.05, 0) is 30.7 Å². The number of rotatable bonds is 2. The molecule has 0 saturated heterocycles. The summed E-state index contributed by atoms with van der Waals surface area (Å²) in [5, 5.41) is 21.2. The van der Waals surface area contributed by atoms with E-state index in [1.165, 1.54) is 12.1 Å². The van der Waals surface area contributed by atoms with Crippen LogP contribution in [0.5, 0.6) is 11.5 Å². The lowest BCUT2D eigenvalue weighted by Gasteiger charge is -2.07. The lowest BCUT2D eigenvalue weighted by Crippen LogP contribution is -2.13. The van der Waals surface area contributed by atoms with E-state index in [4.69, 9.17) is 0 Å². The van der Waals surface area contributed by atoms with Crippen molar-refractivity contribution < 1.29 is 15.0 Å². The molecule has 0 atom stereocenters. The number of pyridine rings is 1. The molecule has 1 aromatic carbocycles. The fourth-order valence-electron chi connectivity index (χ4n) is 1.52. The summed E-state index contributed by atoms with van der Waals surface area (Å²) in [6, 6.07) is 7.29. The number of phenols is 2. The minimum atomic E-state index is -0.442. The van der Waals surface area contributed by atoms with E-state index in [-0.39, 0.29) is 17.1 Å². The molecule has 3 N–H and O–H groups in total. The van der Waals surface area contributed by atoms with Gasteiger partial charge in [0.25, 0.3) is 5.91 Å². The van der Waals surface area contributed by atoms with Gasteiger partial charge in [0.2, 0.25) is 0 Å². The van der Waals surface area contributed by atoms with E-state index in [1.54, 1.807) is 12.3 Å². The molecule has 0 aliphatic rings. The molecule has 0 aliphatic heterocycles. The lowest BCUT2D eigenvalue weighted by atomic mass is 10.2. The molecule has 18 heavy (non-hydrogen) atoms. The van der Waals surface area contributed by atoms with Crippen LogP contribution in [-0.2, 0) is 0 Å². The quantitative estimate of drug-likeness (QED) is 0.755. The molecule has 0 unspecified atom stereocenters. The second kappa shape index (κ2) is 4.75. The van der Waals surface area contributed by atoms with Gasteiger partial charge in [-0.25, -0.2) is 4.98 Å². The number of amides is 1. The second-order valence-corrected chi connectivity index (χ2v) is 3.86. The third-order valence-electron chi connectivity index (χ3n) is 2.41. The van der Waals surface area contributed by atoms with Gasteiger partial charge in [0.05, 0.1) is 0 Å². The number of benzene rings is 1. The first kappa shape index (κ1) is 11.9. The number of nitrogens with one attached hydrogen (secondary N) is 1. The molecule has 1 heterocycles. The second-order valence-electron chi connectivity index (χ2n) is 3.86. The molecule has 5 heteroatoms. The maximum atomic E-state index is 11.9. The van der Waals surface area contributed by atoms with Crippen molar-refractivity contribution in [1.82, 2.24) is 4.98 Å². The van der Waals surface area contributed by atoms with Crippen molar-refractivity contribution in [2.75, 3.05) is 5.32 Å². The average Bonchev–Trinajstić information content (AvgIpc) is 2.31. The first-order valence-electron chi connectivity index (χ1n) is 5.32. The Labute approximate surface area is 104 Å². The molecule has 0 spiro atoms. The Morgan fingerprint density at radius 2 is 1.89 bits per heavy atom. The summed E-state index contributed by atoms with van der Waals surface area (Å²) in [4.78, 5) is 15.9. The monoisotopic (exact) mass is 244 g/mol. The summed E-state index contributed by atoms with van der Waals surface area (Å²) in [5.74, 6) is -0.330. The molecule has 5 nitrogen and oxygen atoms in total. The predicted octanol–water partition coefficient (Wildman–Crippen LogP) is 2.05. The van der Waals surface area contributed by atoms with E-state index in [0.29, 0.717) is 5.82 Å². The Balaban J connectivity index is 2.25. The summed E-state index contributed by atoms with van der Waals surface area (Å²) >= 11 is 0. The highest BCUT2D eigenvalue weighted by atomic mass is 16.3. The molecule has 0 fully saturated rings. The van der Waals surface area contributed by atoms with Crippen LogP contribution < -0.4 is 5.32 Å². The molecule has 2 rings (SSSR count). The van der Waals surface area contributed by atoms with E-state index in [0.717, 1.165) is 11.6 Å². The van der Waals surface area contributed by atoms with Crippen LogP contribution in [0.15, 0.2) is 36.5 Å². The van der Waals surface area contributed by atoms with Gasteiger partial charge in [-0.1, -0.05) is 6.07 Å². The Morgan fingerprint density at radius 1 is 1.22 bits per heavy atom. The van der Waals surface area contributed by atoms with Crippen LogP contribution in [0.25, 0.3) is 0 Å². The van der Waals surface area contributed by atoms with E-state index in [9.17, 15) is 15.0 Å². The van der Waals surface area contributed by atoms with Crippen molar-refractivity contribution in [2.45, 2.75) is 6.92 Å². The molecule has 0 radical (unpaired) electrons. The van der Waals surface area contributed by atoms with Crippen LogP contribution in [-0.4, -0.2) is 21.1 Å². The number of phenolic OH excluding ortho intramolecular Hbond substituents is 2. The number of hydrogen-bond acceptors (Lipinski definition) is 4. The van der Waals surface area contributed by atoms with E-state index in [1.807, 2.05) is 13.0 Å². The van der Waals surface area contributed by atoms with Gasteiger partial charge < -0.3 is 15.5 Å². The third-order valence-corrected chi connectivity index (χ3v) is 2.41. The van der Waals surface area contributed by atoms with Crippen molar-refractivity contribution in [2.24, 2.45) is 0 Å². The lowest BCUT2D eigenvalue weighted by molar-refractivity contribution is 0.102. The molecule has 1 amide bonds. The number of anilines is 1. The number of carbonyl (C=O) groups excluding carboxylic acids is 1. The fraction of sp³-hybridized carbons (Fsp3) is 0.0769. The largest absolute Gasteiger partial charge is 0.508 e. The standard InChI is InChI=1S/C13H12N2O3/c1-8-3-2-4-14-12(8)15-13(18)9-5-10(16)7-11(17)6-9/h2-7,16-17H,1H3,(H,14,15,18). The Kier molecular flexibility index (Phi) is 3.14. The molecule has 0 saturated carbocycles. The zero-order chi connectivity index (χ0) is 13.1. The Morgan fingerprint density at radius 3 is 2.50 bits per heavy atom. The van der Waals surface area contributed by atoms with Crippen molar-refractivity contribution >= 4 is 11.7 Å². The van der Waals surface area contributed by atoms with Gasteiger partial charge in [0.15, 0.2) is 0 Å². The van der Waals surface area contributed by atoms with Gasteiger partial charge in [-0.3, -0.25) is 4.79 Å². The van der Waals surface area contributed by atoms with Gasteiger partial charge in [-0.2, -0.15) is 0 Å². The normalized spacial score (nSPS) is 10.1. The molecular formula is C13H12N2O3. The summed E-state index contributed by atoms with van der Waals surface area (Å²) in [7, 11) is 0. The maximum Gasteiger partial charge on any atom is 0.257 e. The summed E-state index contributed by atoms with van der Waals surface area (Å²) in [6.45, 7) is 1.82. The average molecular weight is 244 g/mol. The van der Waals surface area contributed by atoms with Gasteiger partial charge in [-0.15, -0.1) is 0 Å². The van der Waals surface area contributed by atoms with Gasteiger partial charge in [0.1, 0.15) is 17.3 Å². The van der Waals surface area contributed by atoms with Crippen molar-refractivity contribution in [3.63, 3.8) is 0 Å². The number of aromatic nitrogens is 1. The highest BCUT2D eigenvalue weighted by molar-refractivity contribution is 6.04. The zero-order valence-electron chi connectivity index (χ0n) is 9.71. The summed E-state index contributed by atoms with van der Waals surface area (Å²) in [6.07, 6.45) is 1.57. The number of nitrogens with zero attached hydrogens (tertiary/aromatic N) is 1. The van der Waals surface area contributed by atoms with Crippen LogP contribution in [0.1, 0.15) is 15.9 Å². The van der Waals surface area contributed by atoms with Crippen LogP contribution in [0.3, 0.4) is 0 Å². The van der Waals surface area contributed by atoms with Gasteiger partial charge >= 0.3 is 0 Å². The van der Waals surface area contributed by atoms with Crippen LogP contribution in [0, 0.1) is 6.92 Å². The number of aromatic hydroxyl groups is 2. The van der Waals surface area contributed by atoms with Crippen molar-refractivity contribution in [3.05, 3.63) is 47.7 Å². The van der Waals surface area contributed by atoms with Crippen LogP contribution in [0.4, 0.5) is 5.82 Å². The predicted molar refractivity (Wildman–Crippen MR) is 66.7 cm³/mol. The molecule has 0 bridgehead atoms. The van der Waals surface area contributed by atoms with Gasteiger partial charge in [0, 0.05) is 17.8 Å². The van der Waals surface area contributed by atoms with Crippen molar-refractivity contribution in [1.29, 1.82) is 0 Å². The van der Waals surface area contributed by atoms with E-state index >= 15 is 0 Å². The summed E-state index contributed by atoms with van der Waals surface area (Å²) < 4.78 is 0. The number of carbonyl (C=O) groups is 1. The van der Waals surface area contributed by atoms with E-state index in [2.05, 4.69) is 10.3 Å². The first-order chi connectivity index (χ1) is 8.56. The molecule has 1 aromatic heterocycles. The topological polar surface area (TPSA) is 82.5 Å². The van der Waals surface area contributed by atoms with Crippen LogP contribution in [0.2, 0.25) is 0 Å². The Bertz CT molecular complexity index is 576. The minimum Gasteiger partial charge on any atom is -0.508 e.